The summed E-state index contributed by atoms with van der Waals surface area (Å²) in [4.78, 5) is 21.7. The lowest BCUT2D eigenvalue weighted by Crippen LogP contribution is -2.43. The molecule has 0 saturated carbocycles. The maximum Gasteiger partial charge on any atom is 0.294 e. The minimum absolute atomic E-state index is 0.0666. The Hall–Kier alpha value is -4.32. The van der Waals surface area contributed by atoms with Crippen molar-refractivity contribution >= 4 is 32.7 Å². The largest absolute Gasteiger partial charge is 0.453 e. The van der Waals surface area contributed by atoms with Gasteiger partial charge in [0.2, 0.25) is 17.6 Å². The van der Waals surface area contributed by atoms with E-state index in [4.69, 9.17) is 13.5 Å². The molecule has 6 rings (SSSR count). The van der Waals surface area contributed by atoms with Crippen LogP contribution in [0.4, 0.5) is 5.69 Å². The van der Waals surface area contributed by atoms with E-state index in [0.717, 1.165) is 41.7 Å². The zero-order valence-electron chi connectivity index (χ0n) is 25.0. The molecule has 230 valence electrons. The van der Waals surface area contributed by atoms with Gasteiger partial charge in [0.25, 0.3) is 10.1 Å². The van der Waals surface area contributed by atoms with Gasteiger partial charge in [0.15, 0.2) is 5.76 Å². The highest BCUT2D eigenvalue weighted by molar-refractivity contribution is 7.85. The monoisotopic (exact) mass is 616 g/mol. The number of furan rings is 1. The summed E-state index contributed by atoms with van der Waals surface area (Å²) < 4.78 is 40.8. The van der Waals surface area contributed by atoms with Gasteiger partial charge in [-0.15, -0.1) is 0 Å². The third-order valence-electron chi connectivity index (χ3n) is 7.37. The fraction of sp³-hybridized carbons (Fsp3) is 0.303. The first-order valence-electron chi connectivity index (χ1n) is 14.5. The summed E-state index contributed by atoms with van der Waals surface area (Å²) in [5, 5.41) is 5.06. The molecule has 5 aromatic rings. The minimum atomic E-state index is -4.02. The number of rotatable bonds is 8. The third-order valence-corrected chi connectivity index (χ3v) is 8.24. The van der Waals surface area contributed by atoms with Crippen LogP contribution in [0.15, 0.2) is 92.7 Å². The molecule has 44 heavy (non-hydrogen) atoms. The van der Waals surface area contributed by atoms with Gasteiger partial charge in [-0.25, -0.2) is 0 Å². The van der Waals surface area contributed by atoms with Gasteiger partial charge in [0, 0.05) is 37.0 Å². The summed E-state index contributed by atoms with van der Waals surface area (Å²) in [6.45, 7) is 3.56. The molecule has 1 unspecified atom stereocenters. The zero-order chi connectivity index (χ0) is 31.3. The Labute approximate surface area is 257 Å². The highest BCUT2D eigenvalue weighted by atomic mass is 32.2. The quantitative estimate of drug-likeness (QED) is 0.215. The lowest BCUT2D eigenvalue weighted by atomic mass is 9.91. The molecule has 0 spiro atoms. The van der Waals surface area contributed by atoms with E-state index in [1.807, 2.05) is 48.2 Å². The highest BCUT2D eigenvalue weighted by Gasteiger charge is 2.28. The summed E-state index contributed by atoms with van der Waals surface area (Å²) in [7, 11) is 0.140. The number of benzene rings is 3. The number of hydrogen-bond donors (Lipinski definition) is 1. The molecular weight excluding hydrogens is 580 g/mol. The molecule has 1 aliphatic rings. The van der Waals surface area contributed by atoms with E-state index in [-0.39, 0.29) is 10.8 Å². The summed E-state index contributed by atoms with van der Waals surface area (Å²) >= 11 is 0. The van der Waals surface area contributed by atoms with Crippen LogP contribution in [-0.2, 0) is 27.8 Å². The predicted molar refractivity (Wildman–Crippen MR) is 168 cm³/mol. The molecule has 1 aliphatic heterocycles. The van der Waals surface area contributed by atoms with Crippen molar-refractivity contribution in [1.82, 2.24) is 15.0 Å². The van der Waals surface area contributed by atoms with E-state index in [1.54, 1.807) is 12.1 Å². The summed E-state index contributed by atoms with van der Waals surface area (Å²) in [6.07, 6.45) is 2.64. The molecule has 1 amide bonds. The highest BCUT2D eigenvalue weighted by Crippen LogP contribution is 2.31. The van der Waals surface area contributed by atoms with E-state index < -0.39 is 10.1 Å². The van der Waals surface area contributed by atoms with Gasteiger partial charge in [-0.3, -0.25) is 9.35 Å². The van der Waals surface area contributed by atoms with Crippen molar-refractivity contribution in [2.45, 2.75) is 37.5 Å². The zero-order valence-corrected chi connectivity index (χ0v) is 25.8. The Morgan fingerprint density at radius 2 is 1.77 bits per heavy atom. The number of carbonyl (C=O) groups is 1. The SMILES string of the molecule is CN(C)CC1Cc2ccccc2N(C(=O)CCCc2nc(-c3cc4ccccc4o3)no2)C1.Cc1ccc(S(=O)(=O)O)cc1. The number of hydrogen-bond acceptors (Lipinski definition) is 8. The van der Waals surface area contributed by atoms with Crippen LogP contribution in [0, 0.1) is 12.8 Å². The van der Waals surface area contributed by atoms with Crippen LogP contribution >= 0.6 is 0 Å². The van der Waals surface area contributed by atoms with E-state index in [1.165, 1.54) is 17.7 Å². The third kappa shape index (κ3) is 7.79. The number of fused-ring (bicyclic) bond motifs is 2. The molecule has 3 heterocycles. The second kappa shape index (κ2) is 13.5. The van der Waals surface area contributed by atoms with Crippen LogP contribution in [0.3, 0.4) is 0 Å². The first-order valence-corrected chi connectivity index (χ1v) is 15.9. The molecule has 11 heteroatoms. The number of nitrogens with zero attached hydrogens (tertiary/aromatic N) is 4. The number of amides is 1. The number of aromatic nitrogens is 2. The van der Waals surface area contributed by atoms with E-state index in [0.29, 0.717) is 42.7 Å². The smallest absolute Gasteiger partial charge is 0.294 e. The fourth-order valence-electron chi connectivity index (χ4n) is 5.34. The molecule has 3 aromatic carbocycles. The first kappa shape index (κ1) is 31.1. The van der Waals surface area contributed by atoms with Crippen molar-refractivity contribution in [2.75, 3.05) is 32.1 Å². The minimum Gasteiger partial charge on any atom is -0.453 e. The van der Waals surface area contributed by atoms with Gasteiger partial charge in [-0.1, -0.05) is 59.3 Å². The standard InChI is InChI=1S/C26H28N4O3.C7H8O3S/c1-29(2)16-18-14-19-8-3-5-10-21(19)30(17-18)25(31)13-7-12-24-27-26(28-33-24)23-15-20-9-4-6-11-22(20)32-23;1-6-2-4-7(5-3-6)11(8,9)10/h3-6,8-11,15,18H,7,12-14,16-17H2,1-2H3;2-5H,1H3,(H,8,9,10). The van der Waals surface area contributed by atoms with Crippen molar-refractivity contribution in [1.29, 1.82) is 0 Å². The van der Waals surface area contributed by atoms with Crippen molar-refractivity contribution in [2.24, 2.45) is 5.92 Å². The van der Waals surface area contributed by atoms with Crippen LogP contribution in [0.1, 0.15) is 29.9 Å². The van der Waals surface area contributed by atoms with Crippen LogP contribution in [-0.4, -0.2) is 61.1 Å². The van der Waals surface area contributed by atoms with Gasteiger partial charge in [-0.05, 0) is 75.7 Å². The van der Waals surface area contributed by atoms with E-state index in [9.17, 15) is 13.2 Å². The van der Waals surface area contributed by atoms with Crippen LogP contribution in [0.2, 0.25) is 0 Å². The molecule has 0 saturated heterocycles. The summed E-state index contributed by atoms with van der Waals surface area (Å²) in [6, 6.07) is 23.9. The van der Waals surface area contributed by atoms with Crippen molar-refractivity contribution in [3.8, 4) is 11.6 Å². The summed E-state index contributed by atoms with van der Waals surface area (Å²) in [5.41, 5.74) is 4.04. The topological polar surface area (TPSA) is 130 Å². The molecule has 0 radical (unpaired) electrons. The lowest BCUT2D eigenvalue weighted by molar-refractivity contribution is -0.119. The van der Waals surface area contributed by atoms with Crippen molar-refractivity contribution < 1.29 is 26.7 Å². The van der Waals surface area contributed by atoms with Crippen molar-refractivity contribution in [3.05, 3.63) is 95.9 Å². The van der Waals surface area contributed by atoms with Gasteiger partial charge < -0.3 is 18.7 Å². The van der Waals surface area contributed by atoms with Crippen molar-refractivity contribution in [3.63, 3.8) is 0 Å². The predicted octanol–water partition coefficient (Wildman–Crippen LogP) is 5.81. The average Bonchev–Trinajstić information content (AvgIpc) is 3.64. The summed E-state index contributed by atoms with van der Waals surface area (Å²) in [5.74, 6) is 2.11. The maximum atomic E-state index is 13.1. The van der Waals surface area contributed by atoms with Gasteiger partial charge in [-0.2, -0.15) is 13.4 Å². The van der Waals surface area contributed by atoms with Gasteiger partial charge >= 0.3 is 0 Å². The van der Waals surface area contributed by atoms with Crippen LogP contribution in [0.5, 0.6) is 0 Å². The Balaban J connectivity index is 0.000000296. The van der Waals surface area contributed by atoms with Crippen LogP contribution < -0.4 is 4.90 Å². The molecule has 1 N–H and O–H groups in total. The Morgan fingerprint density at radius 1 is 1.05 bits per heavy atom. The molecule has 1 atom stereocenters. The fourth-order valence-corrected chi connectivity index (χ4v) is 5.82. The first-order chi connectivity index (χ1) is 21.1. The molecular formula is C33H36N4O6S. The number of aryl methyl sites for hydroxylation is 2. The number of anilines is 1. The van der Waals surface area contributed by atoms with E-state index >= 15 is 0 Å². The molecule has 0 bridgehead atoms. The second-order valence-electron chi connectivity index (χ2n) is 11.3. The Morgan fingerprint density at radius 3 is 2.50 bits per heavy atom. The van der Waals surface area contributed by atoms with Gasteiger partial charge in [0.05, 0.1) is 4.90 Å². The molecule has 0 fully saturated rings. The second-order valence-corrected chi connectivity index (χ2v) is 12.7. The maximum absolute atomic E-state index is 13.1. The lowest BCUT2D eigenvalue weighted by Gasteiger charge is -2.36. The van der Waals surface area contributed by atoms with Crippen LogP contribution in [0.25, 0.3) is 22.6 Å². The number of para-hydroxylation sites is 2. The van der Waals surface area contributed by atoms with E-state index in [2.05, 4.69) is 47.3 Å². The molecule has 2 aromatic heterocycles. The average molecular weight is 617 g/mol. The van der Waals surface area contributed by atoms with Gasteiger partial charge in [0.1, 0.15) is 5.58 Å². The number of carbonyl (C=O) groups excluding carboxylic acids is 1. The normalized spacial score (nSPS) is 14.8. The molecule has 0 aliphatic carbocycles. The Kier molecular flexibility index (Phi) is 9.58. The Bertz CT molecular complexity index is 1800. The molecule has 10 nitrogen and oxygen atoms in total.